The number of hydrogen-bond donors (Lipinski definition) is 0. The molecule has 0 N–H and O–H groups in total. The summed E-state index contributed by atoms with van der Waals surface area (Å²) in [5.41, 5.74) is 4.70. The van der Waals surface area contributed by atoms with Crippen LogP contribution in [0.3, 0.4) is 0 Å². The van der Waals surface area contributed by atoms with Crippen LogP contribution in [0.5, 0.6) is 0 Å². The summed E-state index contributed by atoms with van der Waals surface area (Å²) >= 11 is 3.53. The van der Waals surface area contributed by atoms with E-state index in [1.807, 2.05) is 0 Å². The van der Waals surface area contributed by atoms with Crippen LogP contribution in [0.1, 0.15) is 23.1 Å². The Bertz CT molecular complexity index is 425. The molecule has 1 fully saturated rings. The summed E-state index contributed by atoms with van der Waals surface area (Å²) in [5.74, 6) is 0. The van der Waals surface area contributed by atoms with Gasteiger partial charge in [-0.25, -0.2) is 0 Å². The lowest BCUT2D eigenvalue weighted by atomic mass is 10.1. The average molecular weight is 323 g/mol. The molecule has 2 nitrogen and oxygen atoms in total. The van der Waals surface area contributed by atoms with Crippen molar-refractivity contribution in [2.24, 2.45) is 0 Å². The van der Waals surface area contributed by atoms with Crippen molar-refractivity contribution in [1.29, 1.82) is 0 Å². The smallest absolute Gasteiger partial charge is 0.0234 e. The number of piperazine rings is 1. The molecular formula is C16H23BrN2. The zero-order valence-corrected chi connectivity index (χ0v) is 13.2. The van der Waals surface area contributed by atoms with Crippen LogP contribution >= 0.6 is 15.9 Å². The summed E-state index contributed by atoms with van der Waals surface area (Å²) < 4.78 is 0. The molecule has 1 aliphatic carbocycles. The van der Waals surface area contributed by atoms with Crippen LogP contribution in [-0.2, 0) is 19.4 Å². The van der Waals surface area contributed by atoms with Gasteiger partial charge in [-0.1, -0.05) is 34.1 Å². The number of halogens is 1. The molecule has 0 aromatic heterocycles. The second-order valence-electron chi connectivity index (χ2n) is 5.76. The van der Waals surface area contributed by atoms with E-state index in [0.29, 0.717) is 0 Å². The minimum atomic E-state index is 1.10. The number of benzene rings is 1. The summed E-state index contributed by atoms with van der Waals surface area (Å²) in [7, 11) is 0. The first-order valence-corrected chi connectivity index (χ1v) is 8.58. The minimum Gasteiger partial charge on any atom is -0.300 e. The molecule has 1 saturated heterocycles. The number of nitrogens with zero attached hydrogens (tertiary/aromatic N) is 2. The molecule has 0 radical (unpaired) electrons. The first kappa shape index (κ1) is 13.6. The zero-order chi connectivity index (χ0) is 13.1. The summed E-state index contributed by atoms with van der Waals surface area (Å²) in [6.45, 7) is 7.18. The summed E-state index contributed by atoms with van der Waals surface area (Å²) in [5, 5.41) is 1.10. The summed E-state index contributed by atoms with van der Waals surface area (Å²) in [6, 6.07) is 7.15. The zero-order valence-electron chi connectivity index (χ0n) is 11.6. The van der Waals surface area contributed by atoms with Gasteiger partial charge in [0.05, 0.1) is 0 Å². The number of aryl methyl sites for hydroxylation is 2. The van der Waals surface area contributed by atoms with Crippen LogP contribution in [-0.4, -0.2) is 47.9 Å². The molecule has 104 valence electrons. The van der Waals surface area contributed by atoms with Crippen molar-refractivity contribution < 1.29 is 0 Å². The standard InChI is InChI=1S/C16H23BrN2/c17-6-7-18-8-10-19(11-9-18)13-14-4-5-15-2-1-3-16(15)12-14/h4-5,12H,1-3,6-11,13H2. The lowest BCUT2D eigenvalue weighted by molar-refractivity contribution is 0.133. The molecule has 3 heteroatoms. The average Bonchev–Trinajstić information content (AvgIpc) is 2.89. The number of fused-ring (bicyclic) bond motifs is 1. The van der Waals surface area contributed by atoms with E-state index in [-0.39, 0.29) is 0 Å². The highest BCUT2D eigenvalue weighted by Gasteiger charge is 2.17. The monoisotopic (exact) mass is 322 g/mol. The topological polar surface area (TPSA) is 6.48 Å². The Hall–Kier alpha value is -0.380. The number of alkyl halides is 1. The third kappa shape index (κ3) is 3.39. The van der Waals surface area contributed by atoms with E-state index < -0.39 is 0 Å². The fraction of sp³-hybridized carbons (Fsp3) is 0.625. The van der Waals surface area contributed by atoms with Gasteiger partial charge in [0.25, 0.3) is 0 Å². The maximum Gasteiger partial charge on any atom is 0.0234 e. The first-order valence-electron chi connectivity index (χ1n) is 7.46. The Labute approximate surface area is 124 Å². The molecule has 1 heterocycles. The fourth-order valence-electron chi connectivity index (χ4n) is 3.27. The van der Waals surface area contributed by atoms with Gasteiger partial charge in [0, 0.05) is 44.6 Å². The fourth-order valence-corrected chi connectivity index (χ4v) is 3.77. The van der Waals surface area contributed by atoms with Crippen molar-refractivity contribution in [2.75, 3.05) is 38.1 Å². The predicted molar refractivity (Wildman–Crippen MR) is 84.0 cm³/mol. The van der Waals surface area contributed by atoms with Crippen LogP contribution in [0.4, 0.5) is 0 Å². The minimum absolute atomic E-state index is 1.10. The van der Waals surface area contributed by atoms with Crippen molar-refractivity contribution in [1.82, 2.24) is 9.80 Å². The molecule has 0 atom stereocenters. The van der Waals surface area contributed by atoms with Crippen LogP contribution in [0.2, 0.25) is 0 Å². The van der Waals surface area contributed by atoms with Gasteiger partial charge in [-0.2, -0.15) is 0 Å². The second kappa shape index (κ2) is 6.38. The Kier molecular flexibility index (Phi) is 4.57. The third-order valence-electron chi connectivity index (χ3n) is 4.43. The highest BCUT2D eigenvalue weighted by Crippen LogP contribution is 2.23. The molecular weight excluding hydrogens is 300 g/mol. The Morgan fingerprint density at radius 1 is 0.947 bits per heavy atom. The lowest BCUT2D eigenvalue weighted by Gasteiger charge is -2.34. The Morgan fingerprint density at radius 3 is 2.47 bits per heavy atom. The molecule has 0 saturated carbocycles. The van der Waals surface area contributed by atoms with Crippen LogP contribution in [0.15, 0.2) is 18.2 Å². The van der Waals surface area contributed by atoms with Gasteiger partial charge in [-0.3, -0.25) is 9.80 Å². The van der Waals surface area contributed by atoms with Gasteiger partial charge in [-0.15, -0.1) is 0 Å². The van der Waals surface area contributed by atoms with E-state index in [0.717, 1.165) is 11.9 Å². The maximum atomic E-state index is 3.53. The van der Waals surface area contributed by atoms with Crippen molar-refractivity contribution in [3.63, 3.8) is 0 Å². The van der Waals surface area contributed by atoms with Gasteiger partial charge in [0.15, 0.2) is 0 Å². The van der Waals surface area contributed by atoms with Crippen LogP contribution in [0.25, 0.3) is 0 Å². The molecule has 0 bridgehead atoms. The Morgan fingerprint density at radius 2 is 1.68 bits per heavy atom. The van der Waals surface area contributed by atoms with Gasteiger partial charge in [-0.05, 0) is 36.0 Å². The van der Waals surface area contributed by atoms with E-state index in [4.69, 9.17) is 0 Å². The van der Waals surface area contributed by atoms with Gasteiger partial charge in [0.1, 0.15) is 0 Å². The van der Waals surface area contributed by atoms with Crippen molar-refractivity contribution >= 4 is 15.9 Å². The molecule has 3 rings (SSSR count). The molecule has 19 heavy (non-hydrogen) atoms. The largest absolute Gasteiger partial charge is 0.300 e. The SMILES string of the molecule is BrCCN1CCN(Cc2ccc3c(c2)CCC3)CC1. The first-order chi connectivity index (χ1) is 9.35. The summed E-state index contributed by atoms with van der Waals surface area (Å²) in [4.78, 5) is 5.15. The quantitative estimate of drug-likeness (QED) is 0.786. The number of hydrogen-bond acceptors (Lipinski definition) is 2. The molecule has 1 aromatic rings. The van der Waals surface area contributed by atoms with Gasteiger partial charge < -0.3 is 0 Å². The van der Waals surface area contributed by atoms with E-state index in [9.17, 15) is 0 Å². The third-order valence-corrected chi connectivity index (χ3v) is 4.79. The Balaban J connectivity index is 1.55. The van der Waals surface area contributed by atoms with E-state index in [1.54, 1.807) is 11.1 Å². The van der Waals surface area contributed by atoms with Gasteiger partial charge >= 0.3 is 0 Å². The van der Waals surface area contributed by atoms with Crippen molar-refractivity contribution in [3.05, 3.63) is 34.9 Å². The highest BCUT2D eigenvalue weighted by atomic mass is 79.9. The second-order valence-corrected chi connectivity index (χ2v) is 6.56. The van der Waals surface area contributed by atoms with Crippen LogP contribution < -0.4 is 0 Å². The normalized spacial score (nSPS) is 20.7. The molecule has 1 aromatic carbocycles. The summed E-state index contributed by atoms with van der Waals surface area (Å²) in [6.07, 6.45) is 3.94. The molecule has 0 amide bonds. The molecule has 0 unspecified atom stereocenters. The molecule has 1 aliphatic heterocycles. The van der Waals surface area contributed by atoms with E-state index in [2.05, 4.69) is 43.9 Å². The van der Waals surface area contributed by atoms with Gasteiger partial charge in [0.2, 0.25) is 0 Å². The number of rotatable bonds is 4. The van der Waals surface area contributed by atoms with E-state index in [1.165, 1.54) is 57.5 Å². The molecule has 2 aliphatic rings. The van der Waals surface area contributed by atoms with E-state index >= 15 is 0 Å². The maximum absolute atomic E-state index is 3.53. The predicted octanol–water partition coefficient (Wildman–Crippen LogP) is 2.69. The van der Waals surface area contributed by atoms with Crippen molar-refractivity contribution in [3.8, 4) is 0 Å². The van der Waals surface area contributed by atoms with Crippen LogP contribution in [0, 0.1) is 0 Å². The molecule has 0 spiro atoms. The van der Waals surface area contributed by atoms with Crippen molar-refractivity contribution in [2.45, 2.75) is 25.8 Å². The lowest BCUT2D eigenvalue weighted by Crippen LogP contribution is -2.46. The highest BCUT2D eigenvalue weighted by molar-refractivity contribution is 9.09.